The Bertz CT molecular complexity index is 1930. The Morgan fingerprint density at radius 2 is 1.06 bits per heavy atom. The fourth-order valence-electron chi connectivity index (χ4n) is 4.47. The van der Waals surface area contributed by atoms with Crippen molar-refractivity contribution in [2.75, 3.05) is 26.6 Å². The molecule has 1 unspecified atom stereocenters. The van der Waals surface area contributed by atoms with Crippen LogP contribution < -0.4 is 18.9 Å². The monoisotopic (exact) mass is 744 g/mol. The molecule has 0 saturated heterocycles. The largest absolute Gasteiger partial charge is 0.489 e. The third kappa shape index (κ3) is 12.5. The average Bonchev–Trinajstić information content (AvgIpc) is 3.16. The van der Waals surface area contributed by atoms with Crippen molar-refractivity contribution in [2.24, 2.45) is 0 Å². The fraction of sp³-hybridized carbons (Fsp3) is 0.250. The molecule has 1 atom stereocenters. The minimum Gasteiger partial charge on any atom is -0.489 e. The van der Waals surface area contributed by atoms with Gasteiger partial charge in [0.2, 0.25) is 6.79 Å². The van der Waals surface area contributed by atoms with Gasteiger partial charge in [-0.15, -0.1) is 0 Å². The Hall–Kier alpha value is -6.70. The highest BCUT2D eigenvalue weighted by Crippen LogP contribution is 2.31. The van der Waals surface area contributed by atoms with E-state index >= 15 is 0 Å². The van der Waals surface area contributed by atoms with Crippen LogP contribution in [0.25, 0.3) is 0 Å². The van der Waals surface area contributed by atoms with Gasteiger partial charge in [0, 0.05) is 18.2 Å². The Labute approximate surface area is 311 Å². The molecule has 284 valence electrons. The molecular weight excluding hydrogens is 704 g/mol. The van der Waals surface area contributed by atoms with E-state index in [0.717, 1.165) is 18.2 Å². The second-order valence-electron chi connectivity index (χ2n) is 11.4. The van der Waals surface area contributed by atoms with Crippen molar-refractivity contribution in [3.8, 4) is 23.0 Å². The molecule has 3 rings (SSSR count). The number of esters is 6. The zero-order chi connectivity index (χ0) is 39.8. The van der Waals surface area contributed by atoms with Crippen LogP contribution in [-0.4, -0.2) is 68.5 Å². The summed E-state index contributed by atoms with van der Waals surface area (Å²) in [6.07, 6.45) is 1.67. The molecule has 0 aliphatic rings. The summed E-state index contributed by atoms with van der Waals surface area (Å²) in [6.45, 7) is 15.7. The number of benzene rings is 3. The van der Waals surface area contributed by atoms with E-state index in [0.29, 0.717) is 33.8 Å². The molecule has 0 spiro atoms. The summed E-state index contributed by atoms with van der Waals surface area (Å²) in [7, 11) is 0. The maximum absolute atomic E-state index is 13.1. The number of hydrogen-bond donors (Lipinski definition) is 0. The zero-order valence-corrected chi connectivity index (χ0v) is 30.3. The van der Waals surface area contributed by atoms with E-state index in [9.17, 15) is 28.8 Å². The summed E-state index contributed by atoms with van der Waals surface area (Å²) >= 11 is 0. The van der Waals surface area contributed by atoms with E-state index in [4.69, 9.17) is 37.9 Å². The van der Waals surface area contributed by atoms with Gasteiger partial charge in [0.1, 0.15) is 42.8 Å². The lowest BCUT2D eigenvalue weighted by Gasteiger charge is -2.19. The number of hydrogen-bond acceptors (Lipinski definition) is 14. The lowest BCUT2D eigenvalue weighted by atomic mass is 10.1. The van der Waals surface area contributed by atoms with Gasteiger partial charge in [-0.1, -0.05) is 19.7 Å². The molecule has 0 radical (unpaired) electrons. The van der Waals surface area contributed by atoms with Crippen LogP contribution in [0, 0.1) is 27.7 Å². The van der Waals surface area contributed by atoms with Crippen molar-refractivity contribution in [3.05, 3.63) is 120 Å². The van der Waals surface area contributed by atoms with Crippen molar-refractivity contribution in [1.29, 1.82) is 0 Å². The maximum Gasteiger partial charge on any atom is 0.343 e. The van der Waals surface area contributed by atoms with Crippen molar-refractivity contribution >= 4 is 35.8 Å². The van der Waals surface area contributed by atoms with Crippen LogP contribution in [0.2, 0.25) is 0 Å². The van der Waals surface area contributed by atoms with E-state index in [-0.39, 0.29) is 55.7 Å². The van der Waals surface area contributed by atoms with E-state index < -0.39 is 41.9 Å². The predicted octanol–water partition coefficient (Wildman–Crippen LogP) is 5.56. The summed E-state index contributed by atoms with van der Waals surface area (Å²) in [5, 5.41) is 0. The third-order valence-corrected chi connectivity index (χ3v) is 7.51. The standard InChI is InChI=1S/C40H40O14/c1-8-35(41)47-18-17-38(44)52-30(22-49-36(42)9-2)21-48-31-13-11-28(19-24(31)4)39(45)53-33-15-16-34(27(7)26(33)6)54-40(46)29-12-14-32(25(5)20-29)50-23-51-37(43)10-3/h8-16,19-20,30H,1-3,17-18,21-23H2,4-7H3. The summed E-state index contributed by atoms with van der Waals surface area (Å²) in [4.78, 5) is 72.4. The molecule has 0 saturated carbocycles. The van der Waals surface area contributed by atoms with E-state index in [1.54, 1.807) is 45.9 Å². The van der Waals surface area contributed by atoms with Crippen LogP contribution in [0.1, 0.15) is 49.4 Å². The minimum atomic E-state index is -1.01. The van der Waals surface area contributed by atoms with E-state index in [2.05, 4.69) is 19.7 Å². The molecule has 0 aliphatic carbocycles. The number of carbonyl (C=O) groups is 6. The first-order valence-corrected chi connectivity index (χ1v) is 16.3. The molecule has 0 amide bonds. The molecular formula is C40H40O14. The molecule has 0 N–H and O–H groups in total. The van der Waals surface area contributed by atoms with Crippen LogP contribution in [-0.2, 0) is 38.1 Å². The molecule has 14 heteroatoms. The lowest BCUT2D eigenvalue weighted by Crippen LogP contribution is -2.31. The van der Waals surface area contributed by atoms with Crippen molar-refractivity contribution in [2.45, 2.75) is 40.2 Å². The lowest BCUT2D eigenvalue weighted by molar-refractivity contribution is -0.160. The van der Waals surface area contributed by atoms with Gasteiger partial charge < -0.3 is 37.9 Å². The Kier molecular flexibility index (Phi) is 15.7. The van der Waals surface area contributed by atoms with Gasteiger partial charge in [-0.05, 0) is 98.5 Å². The quantitative estimate of drug-likeness (QED) is 0.0490. The van der Waals surface area contributed by atoms with Crippen LogP contribution in [0.15, 0.2) is 86.5 Å². The van der Waals surface area contributed by atoms with Crippen LogP contribution >= 0.6 is 0 Å². The topological polar surface area (TPSA) is 176 Å². The molecule has 14 nitrogen and oxygen atoms in total. The highest BCUT2D eigenvalue weighted by molar-refractivity contribution is 5.93. The van der Waals surface area contributed by atoms with Crippen LogP contribution in [0.4, 0.5) is 0 Å². The summed E-state index contributed by atoms with van der Waals surface area (Å²) in [6, 6.07) is 12.3. The van der Waals surface area contributed by atoms with Gasteiger partial charge in [-0.3, -0.25) is 4.79 Å². The van der Waals surface area contributed by atoms with Gasteiger partial charge in [0.15, 0.2) is 6.10 Å². The molecule has 3 aromatic rings. The first kappa shape index (κ1) is 41.7. The fourth-order valence-corrected chi connectivity index (χ4v) is 4.47. The van der Waals surface area contributed by atoms with Crippen molar-refractivity contribution < 1.29 is 66.7 Å². The van der Waals surface area contributed by atoms with Crippen LogP contribution in [0.5, 0.6) is 23.0 Å². The molecule has 0 aromatic heterocycles. The smallest absolute Gasteiger partial charge is 0.343 e. The average molecular weight is 745 g/mol. The SMILES string of the molecule is C=CC(=O)OCCC(=O)OC(COC(=O)C=C)COc1ccc(C(=O)Oc2ccc(OC(=O)c3ccc(OCOC(=O)C=C)c(C)c3)c(C)c2C)cc1C. The van der Waals surface area contributed by atoms with Gasteiger partial charge in [0.05, 0.1) is 17.5 Å². The second-order valence-corrected chi connectivity index (χ2v) is 11.4. The number of carbonyl (C=O) groups excluding carboxylic acids is 6. The molecule has 0 fully saturated rings. The predicted molar refractivity (Wildman–Crippen MR) is 192 cm³/mol. The Morgan fingerprint density at radius 1 is 0.593 bits per heavy atom. The maximum atomic E-state index is 13.1. The molecule has 54 heavy (non-hydrogen) atoms. The minimum absolute atomic E-state index is 0.211. The van der Waals surface area contributed by atoms with Crippen molar-refractivity contribution in [3.63, 3.8) is 0 Å². The molecule has 3 aromatic carbocycles. The highest BCUT2D eigenvalue weighted by Gasteiger charge is 2.21. The first-order chi connectivity index (χ1) is 25.8. The number of ether oxygens (including phenoxy) is 8. The molecule has 0 bridgehead atoms. The molecule has 0 heterocycles. The first-order valence-electron chi connectivity index (χ1n) is 16.3. The van der Waals surface area contributed by atoms with Gasteiger partial charge in [0.25, 0.3) is 0 Å². The Balaban J connectivity index is 1.62. The van der Waals surface area contributed by atoms with Gasteiger partial charge in [-0.2, -0.15) is 0 Å². The third-order valence-electron chi connectivity index (χ3n) is 7.51. The highest BCUT2D eigenvalue weighted by atomic mass is 16.7. The normalized spacial score (nSPS) is 10.8. The number of rotatable bonds is 19. The summed E-state index contributed by atoms with van der Waals surface area (Å²) < 4.78 is 42.5. The Morgan fingerprint density at radius 3 is 1.56 bits per heavy atom. The number of aryl methyl sites for hydroxylation is 2. The van der Waals surface area contributed by atoms with Gasteiger partial charge >= 0.3 is 35.8 Å². The second kappa shape index (κ2) is 20.4. The van der Waals surface area contributed by atoms with Gasteiger partial charge in [-0.25, -0.2) is 24.0 Å². The van der Waals surface area contributed by atoms with Crippen molar-refractivity contribution in [1.82, 2.24) is 0 Å². The van der Waals surface area contributed by atoms with E-state index in [1.807, 2.05) is 0 Å². The summed E-state index contributed by atoms with van der Waals surface area (Å²) in [5.41, 5.74) is 2.77. The van der Waals surface area contributed by atoms with E-state index in [1.165, 1.54) is 30.3 Å². The zero-order valence-electron chi connectivity index (χ0n) is 30.3. The molecule has 0 aliphatic heterocycles. The van der Waals surface area contributed by atoms with Crippen LogP contribution in [0.3, 0.4) is 0 Å². The summed E-state index contributed by atoms with van der Waals surface area (Å²) in [5.74, 6) is -2.77.